The van der Waals surface area contributed by atoms with Crippen molar-refractivity contribution in [1.29, 1.82) is 0 Å². The lowest BCUT2D eigenvalue weighted by molar-refractivity contribution is -0.169. The Bertz CT molecular complexity index is 605. The molecule has 3 rings (SSSR count). The number of ether oxygens (including phenoxy) is 2. The van der Waals surface area contributed by atoms with Gasteiger partial charge in [-0.15, -0.1) is 0 Å². The minimum Gasteiger partial charge on any atom is -0.356 e. The summed E-state index contributed by atoms with van der Waals surface area (Å²) < 4.78 is 11.5. The normalized spacial score (nSPS) is 19.4. The van der Waals surface area contributed by atoms with Crippen molar-refractivity contribution in [3.8, 4) is 0 Å². The molecule has 0 atom stereocenters. The Labute approximate surface area is 155 Å². The Balaban J connectivity index is 1.59. The van der Waals surface area contributed by atoms with Crippen LogP contribution in [0.3, 0.4) is 0 Å². The van der Waals surface area contributed by atoms with Crippen molar-refractivity contribution >= 4 is 35.1 Å². The van der Waals surface area contributed by atoms with Gasteiger partial charge < -0.3 is 14.4 Å². The summed E-state index contributed by atoms with van der Waals surface area (Å²) >= 11 is 7.34. The predicted octanol–water partition coefficient (Wildman–Crippen LogP) is 1.63. The molecule has 0 radical (unpaired) electrons. The van der Waals surface area contributed by atoms with Gasteiger partial charge in [-0.3, -0.25) is 9.63 Å². The average molecular weight is 389 g/mol. The van der Waals surface area contributed by atoms with Gasteiger partial charge in [0.2, 0.25) is 0 Å². The smallest absolute Gasteiger partial charge is 0.254 e. The predicted molar refractivity (Wildman–Crippen MR) is 93.6 cm³/mol. The number of aromatic nitrogens is 2. The Hall–Kier alpha value is -1.13. The number of carbonyl (C=O) groups excluding carboxylic acids is 1. The van der Waals surface area contributed by atoms with Crippen LogP contribution in [0.1, 0.15) is 19.8 Å². The molecule has 0 aromatic carbocycles. The summed E-state index contributed by atoms with van der Waals surface area (Å²) in [4.78, 5) is 27.3. The monoisotopic (exact) mass is 388 g/mol. The fraction of sp³-hybridized carbons (Fsp3) is 0.667. The SMILES string of the molecule is CCONC(=O)CSc1nc(Cl)cc(N2CCC3(CC2)OCCO3)n1. The van der Waals surface area contributed by atoms with Gasteiger partial charge in [-0.05, 0) is 6.92 Å². The minimum atomic E-state index is -0.428. The summed E-state index contributed by atoms with van der Waals surface area (Å²) in [6.07, 6.45) is 1.57. The number of amides is 1. The molecule has 3 heterocycles. The molecule has 0 saturated carbocycles. The third-order valence-electron chi connectivity index (χ3n) is 3.99. The molecule has 2 saturated heterocycles. The first kappa shape index (κ1) is 18.7. The van der Waals surface area contributed by atoms with Crippen molar-refractivity contribution in [1.82, 2.24) is 15.4 Å². The van der Waals surface area contributed by atoms with Crippen molar-refractivity contribution < 1.29 is 19.1 Å². The fourth-order valence-electron chi connectivity index (χ4n) is 2.79. The summed E-state index contributed by atoms with van der Waals surface area (Å²) in [7, 11) is 0. The van der Waals surface area contributed by atoms with Crippen LogP contribution in [0, 0.1) is 0 Å². The Morgan fingerprint density at radius 2 is 2.12 bits per heavy atom. The lowest BCUT2D eigenvalue weighted by atomic mass is 10.0. The zero-order valence-electron chi connectivity index (χ0n) is 14.0. The average Bonchev–Trinajstić information content (AvgIpc) is 3.06. The summed E-state index contributed by atoms with van der Waals surface area (Å²) in [6.45, 7) is 5.06. The van der Waals surface area contributed by atoms with E-state index in [-0.39, 0.29) is 11.7 Å². The molecule has 2 fully saturated rings. The molecule has 0 bridgehead atoms. The highest BCUT2D eigenvalue weighted by Crippen LogP contribution is 2.33. The van der Waals surface area contributed by atoms with Crippen LogP contribution in [0.5, 0.6) is 0 Å². The Morgan fingerprint density at radius 3 is 2.80 bits per heavy atom. The topological polar surface area (TPSA) is 85.8 Å². The van der Waals surface area contributed by atoms with E-state index in [2.05, 4.69) is 20.3 Å². The summed E-state index contributed by atoms with van der Waals surface area (Å²) in [5.41, 5.74) is 2.34. The maximum atomic E-state index is 11.6. The molecule has 2 aliphatic rings. The summed E-state index contributed by atoms with van der Waals surface area (Å²) in [5, 5.41) is 0.814. The van der Waals surface area contributed by atoms with Gasteiger partial charge >= 0.3 is 0 Å². The van der Waals surface area contributed by atoms with Gasteiger partial charge in [-0.1, -0.05) is 23.4 Å². The van der Waals surface area contributed by atoms with Gasteiger partial charge in [-0.2, -0.15) is 0 Å². The Kier molecular flexibility index (Phi) is 6.34. The number of nitrogens with zero attached hydrogens (tertiary/aromatic N) is 3. The van der Waals surface area contributed by atoms with Gasteiger partial charge in [0, 0.05) is 32.0 Å². The van der Waals surface area contributed by atoms with Gasteiger partial charge in [0.25, 0.3) is 5.91 Å². The number of nitrogens with one attached hydrogen (secondary N) is 1. The molecule has 0 unspecified atom stereocenters. The van der Waals surface area contributed by atoms with E-state index in [4.69, 9.17) is 25.9 Å². The number of hydrogen-bond donors (Lipinski definition) is 1. The molecule has 1 aromatic heterocycles. The van der Waals surface area contributed by atoms with E-state index < -0.39 is 5.79 Å². The maximum Gasteiger partial charge on any atom is 0.254 e. The van der Waals surface area contributed by atoms with Crippen LogP contribution >= 0.6 is 23.4 Å². The molecular weight excluding hydrogens is 368 g/mol. The highest BCUT2D eigenvalue weighted by atomic mass is 35.5. The zero-order chi connectivity index (χ0) is 17.7. The standard InChI is InChI=1S/C15H21ClN4O4S/c1-2-24-19-13(21)10-25-14-17-11(16)9-12(18-14)20-5-3-15(4-6-20)22-7-8-23-15/h9H,2-8,10H2,1H3,(H,19,21). The van der Waals surface area contributed by atoms with E-state index >= 15 is 0 Å². The number of halogens is 1. The molecular formula is C15H21ClN4O4S. The second-order valence-electron chi connectivity index (χ2n) is 5.67. The number of carbonyl (C=O) groups is 1. The molecule has 1 amide bonds. The maximum absolute atomic E-state index is 11.6. The number of anilines is 1. The van der Waals surface area contributed by atoms with Gasteiger partial charge in [0.05, 0.1) is 25.6 Å². The van der Waals surface area contributed by atoms with Crippen molar-refractivity contribution in [2.24, 2.45) is 0 Å². The molecule has 8 nitrogen and oxygen atoms in total. The lowest BCUT2D eigenvalue weighted by Crippen LogP contribution is -2.45. The van der Waals surface area contributed by atoms with E-state index in [9.17, 15) is 4.79 Å². The van der Waals surface area contributed by atoms with Crippen LogP contribution in [0.2, 0.25) is 5.15 Å². The Morgan fingerprint density at radius 1 is 1.40 bits per heavy atom. The molecule has 138 valence electrons. The second kappa shape index (κ2) is 8.50. The van der Waals surface area contributed by atoms with Gasteiger partial charge in [0.15, 0.2) is 10.9 Å². The molecule has 1 aromatic rings. The highest BCUT2D eigenvalue weighted by Gasteiger charge is 2.40. The third kappa shape index (κ3) is 4.95. The van der Waals surface area contributed by atoms with E-state index in [1.807, 2.05) is 0 Å². The van der Waals surface area contributed by atoms with Crippen LogP contribution in [0.25, 0.3) is 0 Å². The number of piperidine rings is 1. The van der Waals surface area contributed by atoms with Gasteiger partial charge in [-0.25, -0.2) is 15.4 Å². The van der Waals surface area contributed by atoms with Crippen LogP contribution in [0.15, 0.2) is 11.2 Å². The number of thioether (sulfide) groups is 1. The molecule has 10 heteroatoms. The van der Waals surface area contributed by atoms with Crippen LogP contribution in [0.4, 0.5) is 5.82 Å². The third-order valence-corrected chi connectivity index (χ3v) is 5.03. The van der Waals surface area contributed by atoms with Crippen LogP contribution in [-0.2, 0) is 19.1 Å². The first-order chi connectivity index (χ1) is 12.1. The quantitative estimate of drug-likeness (QED) is 0.340. The van der Waals surface area contributed by atoms with Gasteiger partial charge in [0.1, 0.15) is 11.0 Å². The van der Waals surface area contributed by atoms with Crippen molar-refractivity contribution in [2.75, 3.05) is 43.6 Å². The van der Waals surface area contributed by atoms with E-state index in [0.717, 1.165) is 31.7 Å². The van der Waals surface area contributed by atoms with Crippen LogP contribution in [-0.4, -0.2) is 60.3 Å². The van der Waals surface area contributed by atoms with Crippen molar-refractivity contribution in [3.63, 3.8) is 0 Å². The van der Waals surface area contributed by atoms with E-state index in [0.29, 0.717) is 30.1 Å². The molecule has 0 aliphatic carbocycles. The largest absolute Gasteiger partial charge is 0.356 e. The second-order valence-corrected chi connectivity index (χ2v) is 7.00. The van der Waals surface area contributed by atoms with E-state index in [1.54, 1.807) is 13.0 Å². The fourth-order valence-corrected chi connectivity index (χ4v) is 3.65. The van der Waals surface area contributed by atoms with Crippen molar-refractivity contribution in [3.05, 3.63) is 11.2 Å². The first-order valence-corrected chi connectivity index (χ1v) is 9.57. The molecule has 2 aliphatic heterocycles. The minimum absolute atomic E-state index is 0.157. The molecule has 25 heavy (non-hydrogen) atoms. The summed E-state index contributed by atoms with van der Waals surface area (Å²) in [6, 6.07) is 1.74. The number of hydrogen-bond acceptors (Lipinski definition) is 8. The number of rotatable bonds is 6. The van der Waals surface area contributed by atoms with E-state index in [1.165, 1.54) is 11.8 Å². The lowest BCUT2D eigenvalue weighted by Gasteiger charge is -2.38. The molecule has 1 N–H and O–H groups in total. The molecule has 1 spiro atoms. The number of hydroxylamine groups is 1. The first-order valence-electron chi connectivity index (χ1n) is 8.21. The highest BCUT2D eigenvalue weighted by molar-refractivity contribution is 7.99. The van der Waals surface area contributed by atoms with Crippen LogP contribution < -0.4 is 10.4 Å². The van der Waals surface area contributed by atoms with Crippen molar-refractivity contribution in [2.45, 2.75) is 30.7 Å². The zero-order valence-corrected chi connectivity index (χ0v) is 15.6. The summed E-state index contributed by atoms with van der Waals surface area (Å²) in [5.74, 6) is 0.236.